The smallest absolute Gasteiger partial charge is 0.146 e. The van der Waals surface area contributed by atoms with E-state index in [0.29, 0.717) is 45.9 Å². The number of hydrogen-bond donors (Lipinski definition) is 2. The molecule has 3 fully saturated rings. The molecule has 0 radical (unpaired) electrons. The molecule has 0 atom stereocenters. The maximum absolute atomic E-state index is 5.49. The van der Waals surface area contributed by atoms with Gasteiger partial charge in [0.2, 0.25) is 0 Å². The fourth-order valence-electron chi connectivity index (χ4n) is 3.92. The van der Waals surface area contributed by atoms with E-state index in [1.54, 1.807) is 0 Å². The lowest BCUT2D eigenvalue weighted by molar-refractivity contribution is -0.175. The molecule has 0 aromatic rings. The van der Waals surface area contributed by atoms with Gasteiger partial charge in [-0.2, -0.15) is 0 Å². The molecule has 0 amide bonds. The molecule has 0 aliphatic carbocycles. The average Bonchev–Trinajstić information content (AvgIpc) is 2.55. The van der Waals surface area contributed by atoms with Crippen molar-refractivity contribution >= 4 is 0 Å². The molecule has 0 saturated carbocycles. The Balaban J connectivity index is 1.60. The first-order valence-corrected chi connectivity index (χ1v) is 9.37. The average molecular weight is 358 g/mol. The van der Waals surface area contributed by atoms with Gasteiger partial charge in [0.05, 0.1) is 44.2 Å². The van der Waals surface area contributed by atoms with E-state index in [1.165, 1.54) is 12.8 Å². The maximum atomic E-state index is 5.49. The molecule has 3 aliphatic rings. The molecule has 0 bridgehead atoms. The predicted octanol–water partition coefficient (Wildman–Crippen LogP) is 0.513. The SMILES string of the molecule is CCCC1CN(NC2(C)COCOC2)CN(NC2(C)COCOC2)C1. The summed E-state index contributed by atoms with van der Waals surface area (Å²) in [5.41, 5.74) is 6.92. The lowest BCUT2D eigenvalue weighted by atomic mass is 10.0. The van der Waals surface area contributed by atoms with Gasteiger partial charge in [0.15, 0.2) is 0 Å². The topological polar surface area (TPSA) is 67.5 Å². The van der Waals surface area contributed by atoms with E-state index in [1.807, 2.05) is 0 Å². The van der Waals surface area contributed by atoms with E-state index in [2.05, 4.69) is 41.6 Å². The number of ether oxygens (including phenoxy) is 4. The highest BCUT2D eigenvalue weighted by atomic mass is 16.7. The van der Waals surface area contributed by atoms with Crippen LogP contribution >= 0.6 is 0 Å². The minimum Gasteiger partial charge on any atom is -0.353 e. The fraction of sp³-hybridized carbons (Fsp3) is 1.00. The van der Waals surface area contributed by atoms with Crippen molar-refractivity contribution in [2.24, 2.45) is 5.92 Å². The second-order valence-corrected chi connectivity index (χ2v) is 8.22. The van der Waals surface area contributed by atoms with Crippen molar-refractivity contribution in [1.29, 1.82) is 0 Å². The summed E-state index contributed by atoms with van der Waals surface area (Å²) in [5.74, 6) is 0.613. The number of hydrogen-bond acceptors (Lipinski definition) is 8. The van der Waals surface area contributed by atoms with Crippen LogP contribution in [0.15, 0.2) is 0 Å². The van der Waals surface area contributed by atoms with Gasteiger partial charge in [-0.05, 0) is 26.2 Å². The van der Waals surface area contributed by atoms with Crippen LogP contribution in [0, 0.1) is 5.92 Å². The van der Waals surface area contributed by atoms with Crippen molar-refractivity contribution in [2.45, 2.75) is 44.7 Å². The van der Waals surface area contributed by atoms with Crippen LogP contribution in [-0.4, -0.2) is 80.9 Å². The normalized spacial score (nSPS) is 28.9. The zero-order chi connectivity index (χ0) is 17.8. The van der Waals surface area contributed by atoms with Crippen LogP contribution < -0.4 is 10.9 Å². The first-order valence-electron chi connectivity index (χ1n) is 9.37. The van der Waals surface area contributed by atoms with Crippen LogP contribution in [0.1, 0.15) is 33.6 Å². The van der Waals surface area contributed by atoms with Gasteiger partial charge in [-0.15, -0.1) is 0 Å². The van der Waals surface area contributed by atoms with E-state index in [9.17, 15) is 0 Å². The molecule has 8 nitrogen and oxygen atoms in total. The third-order valence-corrected chi connectivity index (χ3v) is 4.87. The number of nitrogens with zero attached hydrogens (tertiary/aromatic N) is 2. The first-order chi connectivity index (χ1) is 12.0. The third-order valence-electron chi connectivity index (χ3n) is 4.87. The quantitative estimate of drug-likeness (QED) is 0.712. The number of nitrogens with one attached hydrogen (secondary N) is 2. The lowest BCUT2D eigenvalue weighted by Gasteiger charge is -2.48. The summed E-state index contributed by atoms with van der Waals surface area (Å²) in [6, 6.07) is 0. The largest absolute Gasteiger partial charge is 0.353 e. The summed E-state index contributed by atoms with van der Waals surface area (Å²) < 4.78 is 22.0. The molecular weight excluding hydrogens is 324 g/mol. The Labute approximate surface area is 151 Å². The number of hydrazine groups is 2. The summed E-state index contributed by atoms with van der Waals surface area (Å²) in [6.07, 6.45) is 2.41. The van der Waals surface area contributed by atoms with E-state index < -0.39 is 0 Å². The monoisotopic (exact) mass is 358 g/mol. The molecule has 0 spiro atoms. The summed E-state index contributed by atoms with van der Waals surface area (Å²) in [5, 5.41) is 4.59. The van der Waals surface area contributed by atoms with Gasteiger partial charge < -0.3 is 18.9 Å². The highest BCUT2D eigenvalue weighted by molar-refractivity contribution is 4.87. The van der Waals surface area contributed by atoms with Crippen molar-refractivity contribution < 1.29 is 18.9 Å². The van der Waals surface area contributed by atoms with Gasteiger partial charge >= 0.3 is 0 Å². The standard InChI is InChI=1S/C17H34N4O4/c1-4-5-15-6-20(18-16(2)8-22-13-23-9-16)12-21(7-15)19-17(3)10-24-14-25-11-17/h15,18-19H,4-14H2,1-3H3. The molecule has 3 aliphatic heterocycles. The van der Waals surface area contributed by atoms with E-state index in [0.717, 1.165) is 19.8 Å². The molecule has 146 valence electrons. The second kappa shape index (κ2) is 8.58. The molecule has 25 heavy (non-hydrogen) atoms. The minimum atomic E-state index is -0.182. The van der Waals surface area contributed by atoms with E-state index in [4.69, 9.17) is 18.9 Å². The van der Waals surface area contributed by atoms with Gasteiger partial charge in [-0.25, -0.2) is 20.9 Å². The van der Waals surface area contributed by atoms with Gasteiger partial charge in [0.1, 0.15) is 13.6 Å². The molecule has 8 heteroatoms. The summed E-state index contributed by atoms with van der Waals surface area (Å²) in [7, 11) is 0. The summed E-state index contributed by atoms with van der Waals surface area (Å²) in [6.45, 7) is 12.8. The Bertz CT molecular complexity index is 379. The highest BCUT2D eigenvalue weighted by Crippen LogP contribution is 2.20. The third kappa shape index (κ3) is 5.58. The lowest BCUT2D eigenvalue weighted by Crippen LogP contribution is -2.69. The molecule has 0 aromatic heterocycles. The molecule has 2 N–H and O–H groups in total. The Kier molecular flexibility index (Phi) is 6.67. The first kappa shape index (κ1) is 19.4. The molecule has 0 unspecified atom stereocenters. The van der Waals surface area contributed by atoms with Crippen molar-refractivity contribution in [3.63, 3.8) is 0 Å². The molecule has 3 saturated heterocycles. The molecular formula is C17H34N4O4. The number of rotatable bonds is 6. The van der Waals surface area contributed by atoms with Gasteiger partial charge in [-0.3, -0.25) is 0 Å². The van der Waals surface area contributed by atoms with Gasteiger partial charge in [0, 0.05) is 13.1 Å². The highest BCUT2D eigenvalue weighted by Gasteiger charge is 2.36. The Morgan fingerprint density at radius 3 is 1.68 bits per heavy atom. The molecule has 3 heterocycles. The predicted molar refractivity (Wildman–Crippen MR) is 93.3 cm³/mol. The van der Waals surface area contributed by atoms with Crippen LogP contribution in [0.3, 0.4) is 0 Å². The van der Waals surface area contributed by atoms with Gasteiger partial charge in [-0.1, -0.05) is 13.3 Å². The van der Waals surface area contributed by atoms with E-state index in [-0.39, 0.29) is 11.1 Å². The van der Waals surface area contributed by atoms with Crippen molar-refractivity contribution in [3.05, 3.63) is 0 Å². The molecule has 0 aromatic carbocycles. The summed E-state index contributed by atoms with van der Waals surface area (Å²) >= 11 is 0. The van der Waals surface area contributed by atoms with Crippen molar-refractivity contribution in [3.8, 4) is 0 Å². The fourth-order valence-corrected chi connectivity index (χ4v) is 3.92. The van der Waals surface area contributed by atoms with Crippen LogP contribution in [0.2, 0.25) is 0 Å². The Morgan fingerprint density at radius 2 is 1.28 bits per heavy atom. The van der Waals surface area contributed by atoms with E-state index >= 15 is 0 Å². The zero-order valence-corrected chi connectivity index (χ0v) is 15.9. The maximum Gasteiger partial charge on any atom is 0.146 e. The van der Waals surface area contributed by atoms with Crippen LogP contribution in [0.5, 0.6) is 0 Å². The van der Waals surface area contributed by atoms with Crippen molar-refractivity contribution in [2.75, 3.05) is 59.8 Å². The van der Waals surface area contributed by atoms with Crippen molar-refractivity contribution in [1.82, 2.24) is 20.9 Å². The van der Waals surface area contributed by atoms with Crippen LogP contribution in [0.4, 0.5) is 0 Å². The Hall–Kier alpha value is -0.320. The minimum absolute atomic E-state index is 0.182. The molecule has 3 rings (SSSR count). The van der Waals surface area contributed by atoms with Crippen LogP contribution in [-0.2, 0) is 18.9 Å². The zero-order valence-electron chi connectivity index (χ0n) is 15.9. The van der Waals surface area contributed by atoms with Crippen LogP contribution in [0.25, 0.3) is 0 Å². The van der Waals surface area contributed by atoms with Gasteiger partial charge in [0.25, 0.3) is 0 Å². The summed E-state index contributed by atoms with van der Waals surface area (Å²) in [4.78, 5) is 0. The second-order valence-electron chi connectivity index (χ2n) is 8.22. The Morgan fingerprint density at radius 1 is 0.840 bits per heavy atom.